The predicted octanol–water partition coefficient (Wildman–Crippen LogP) is 1.66. The summed E-state index contributed by atoms with van der Waals surface area (Å²) in [5.41, 5.74) is 4.52. The molecule has 0 heterocycles. The first kappa shape index (κ1) is 15.9. The average molecular weight is 280 g/mol. The first-order valence-corrected chi connectivity index (χ1v) is 8.05. The molecule has 0 radical (unpaired) electrons. The summed E-state index contributed by atoms with van der Waals surface area (Å²) < 4.78 is 38.6. The van der Waals surface area contributed by atoms with Crippen molar-refractivity contribution in [3.63, 3.8) is 0 Å². The van der Waals surface area contributed by atoms with Gasteiger partial charge >= 0.3 is 0 Å². The molecule has 0 aromatic carbocycles. The number of nitrogens with two attached hydrogens (primary N) is 1. The van der Waals surface area contributed by atoms with E-state index in [1.165, 1.54) is 7.05 Å². The van der Waals surface area contributed by atoms with Crippen molar-refractivity contribution in [1.82, 2.24) is 4.31 Å². The molecule has 1 saturated carbocycles. The quantitative estimate of drug-likeness (QED) is 0.833. The van der Waals surface area contributed by atoms with Crippen molar-refractivity contribution >= 4 is 10.0 Å². The number of halogens is 1. The fourth-order valence-corrected chi connectivity index (χ4v) is 4.33. The summed E-state index contributed by atoms with van der Waals surface area (Å²) in [6.45, 7) is 2.45. The molecule has 0 unspecified atom stereocenters. The van der Waals surface area contributed by atoms with E-state index in [-0.39, 0.29) is 5.75 Å². The third-order valence-corrected chi connectivity index (χ3v) is 6.18. The molecule has 18 heavy (non-hydrogen) atoms. The second-order valence-electron chi connectivity index (χ2n) is 6.09. The smallest absolute Gasteiger partial charge is 0.216 e. The Kier molecular flexibility index (Phi) is 4.78. The Hall–Kier alpha value is -0.200. The molecule has 6 heteroatoms. The SMILES string of the molecule is CN(C(C)(C)CF)S(=O)(=O)CC1(N)CCCCC1. The molecule has 1 aliphatic rings. The van der Waals surface area contributed by atoms with E-state index in [4.69, 9.17) is 5.73 Å². The van der Waals surface area contributed by atoms with Gasteiger partial charge in [0.2, 0.25) is 10.0 Å². The maximum absolute atomic E-state index is 12.9. The second-order valence-corrected chi connectivity index (χ2v) is 8.09. The van der Waals surface area contributed by atoms with Gasteiger partial charge in [-0.3, -0.25) is 0 Å². The van der Waals surface area contributed by atoms with E-state index in [2.05, 4.69) is 0 Å². The monoisotopic (exact) mass is 280 g/mol. The van der Waals surface area contributed by atoms with Crippen LogP contribution < -0.4 is 5.73 Å². The Bertz CT molecular complexity index is 376. The second kappa shape index (κ2) is 5.43. The van der Waals surface area contributed by atoms with Gasteiger partial charge in [-0.25, -0.2) is 12.8 Å². The van der Waals surface area contributed by atoms with Gasteiger partial charge in [-0.15, -0.1) is 0 Å². The minimum atomic E-state index is -3.52. The molecule has 0 aromatic rings. The van der Waals surface area contributed by atoms with Gasteiger partial charge < -0.3 is 5.73 Å². The molecule has 4 nitrogen and oxygen atoms in total. The molecule has 0 amide bonds. The van der Waals surface area contributed by atoms with Crippen LogP contribution in [0.5, 0.6) is 0 Å². The van der Waals surface area contributed by atoms with Gasteiger partial charge in [0.1, 0.15) is 6.67 Å². The van der Waals surface area contributed by atoms with E-state index in [9.17, 15) is 12.8 Å². The summed E-state index contributed by atoms with van der Waals surface area (Å²) in [7, 11) is -2.09. The predicted molar refractivity (Wildman–Crippen MR) is 71.6 cm³/mol. The van der Waals surface area contributed by atoms with Gasteiger partial charge in [0.25, 0.3) is 0 Å². The maximum atomic E-state index is 12.9. The van der Waals surface area contributed by atoms with Gasteiger partial charge in [-0.1, -0.05) is 19.3 Å². The highest BCUT2D eigenvalue weighted by molar-refractivity contribution is 7.89. The van der Waals surface area contributed by atoms with Gasteiger partial charge in [0, 0.05) is 12.6 Å². The fourth-order valence-electron chi connectivity index (χ4n) is 2.32. The number of hydrogen-bond donors (Lipinski definition) is 1. The summed E-state index contributed by atoms with van der Waals surface area (Å²) in [5.74, 6) is -0.0834. The van der Waals surface area contributed by atoms with Gasteiger partial charge in [-0.05, 0) is 26.7 Å². The first-order chi connectivity index (χ1) is 8.13. The number of hydrogen-bond acceptors (Lipinski definition) is 3. The lowest BCUT2D eigenvalue weighted by Crippen LogP contribution is -2.54. The maximum Gasteiger partial charge on any atom is 0.216 e. The Morgan fingerprint density at radius 2 is 1.78 bits per heavy atom. The minimum absolute atomic E-state index is 0.0834. The van der Waals surface area contributed by atoms with Crippen LogP contribution in [0.25, 0.3) is 0 Å². The molecule has 108 valence electrons. The van der Waals surface area contributed by atoms with E-state index in [1.807, 2.05) is 0 Å². The Balaban J connectivity index is 2.81. The van der Waals surface area contributed by atoms with Gasteiger partial charge in [0.05, 0.1) is 11.3 Å². The zero-order valence-electron chi connectivity index (χ0n) is 11.6. The molecule has 1 rings (SSSR count). The standard InChI is InChI=1S/C12H25FN2O2S/c1-11(2,9-13)15(3)18(16,17)10-12(14)7-5-4-6-8-12/h4-10,14H2,1-3H3. The lowest BCUT2D eigenvalue weighted by atomic mass is 9.84. The molecule has 1 fully saturated rings. The Morgan fingerprint density at radius 1 is 1.28 bits per heavy atom. The lowest BCUT2D eigenvalue weighted by molar-refractivity contribution is 0.203. The van der Waals surface area contributed by atoms with Crippen LogP contribution in [0.3, 0.4) is 0 Å². The normalized spacial score (nSPS) is 21.2. The number of sulfonamides is 1. The van der Waals surface area contributed by atoms with E-state index in [0.29, 0.717) is 0 Å². The van der Waals surface area contributed by atoms with Crippen molar-refractivity contribution in [3.8, 4) is 0 Å². The van der Waals surface area contributed by atoms with Crippen LogP contribution in [0.1, 0.15) is 46.0 Å². The number of alkyl halides is 1. The van der Waals surface area contributed by atoms with Gasteiger partial charge in [-0.2, -0.15) is 4.31 Å². The zero-order valence-corrected chi connectivity index (χ0v) is 12.4. The van der Waals surface area contributed by atoms with Crippen molar-refractivity contribution in [2.24, 2.45) is 5.73 Å². The molecule has 0 aromatic heterocycles. The summed E-state index contributed by atoms with van der Waals surface area (Å²) >= 11 is 0. The lowest BCUT2D eigenvalue weighted by Gasteiger charge is -2.38. The van der Waals surface area contributed by atoms with Crippen LogP contribution in [-0.4, -0.2) is 43.3 Å². The molecule has 0 atom stereocenters. The summed E-state index contributed by atoms with van der Waals surface area (Å²) in [5, 5.41) is 0. The van der Waals surface area contributed by atoms with Crippen LogP contribution in [0, 0.1) is 0 Å². The van der Waals surface area contributed by atoms with Crippen LogP contribution in [-0.2, 0) is 10.0 Å². The van der Waals surface area contributed by atoms with Crippen LogP contribution in [0.4, 0.5) is 4.39 Å². The molecule has 0 spiro atoms. The topological polar surface area (TPSA) is 63.4 Å². The fraction of sp³-hybridized carbons (Fsp3) is 1.00. The summed E-state index contributed by atoms with van der Waals surface area (Å²) in [6.07, 6.45) is 4.53. The van der Waals surface area contributed by atoms with Crippen molar-refractivity contribution in [2.45, 2.75) is 57.0 Å². The summed E-state index contributed by atoms with van der Waals surface area (Å²) in [4.78, 5) is 0. The Morgan fingerprint density at radius 3 is 2.22 bits per heavy atom. The van der Waals surface area contributed by atoms with Crippen molar-refractivity contribution < 1.29 is 12.8 Å². The third kappa shape index (κ3) is 3.65. The largest absolute Gasteiger partial charge is 0.324 e. The third-order valence-electron chi connectivity index (χ3n) is 3.92. The van der Waals surface area contributed by atoms with E-state index in [1.54, 1.807) is 13.8 Å². The molecular weight excluding hydrogens is 255 g/mol. The molecule has 0 bridgehead atoms. The highest BCUT2D eigenvalue weighted by atomic mass is 32.2. The van der Waals surface area contributed by atoms with Crippen molar-refractivity contribution in [2.75, 3.05) is 19.5 Å². The molecule has 0 aliphatic heterocycles. The van der Waals surface area contributed by atoms with Crippen molar-refractivity contribution in [3.05, 3.63) is 0 Å². The van der Waals surface area contributed by atoms with Crippen LogP contribution >= 0.6 is 0 Å². The molecule has 0 saturated heterocycles. The Labute approximate surface area is 110 Å². The van der Waals surface area contributed by atoms with E-state index < -0.39 is 27.8 Å². The molecular formula is C12H25FN2O2S. The number of rotatable bonds is 5. The number of nitrogens with zero attached hydrogens (tertiary/aromatic N) is 1. The summed E-state index contributed by atoms with van der Waals surface area (Å²) in [6, 6.07) is 0. The first-order valence-electron chi connectivity index (χ1n) is 6.45. The molecule has 1 aliphatic carbocycles. The average Bonchev–Trinajstić information content (AvgIpc) is 2.27. The highest BCUT2D eigenvalue weighted by Gasteiger charge is 2.39. The van der Waals surface area contributed by atoms with Gasteiger partial charge in [0.15, 0.2) is 0 Å². The van der Waals surface area contributed by atoms with E-state index in [0.717, 1.165) is 36.4 Å². The highest BCUT2D eigenvalue weighted by Crippen LogP contribution is 2.29. The zero-order chi connectivity index (χ0) is 14.0. The van der Waals surface area contributed by atoms with E-state index >= 15 is 0 Å². The van der Waals surface area contributed by atoms with Crippen LogP contribution in [0.15, 0.2) is 0 Å². The molecule has 2 N–H and O–H groups in total. The van der Waals surface area contributed by atoms with Crippen molar-refractivity contribution in [1.29, 1.82) is 0 Å². The van der Waals surface area contributed by atoms with Crippen LogP contribution in [0.2, 0.25) is 0 Å². The minimum Gasteiger partial charge on any atom is -0.324 e.